The van der Waals surface area contributed by atoms with Gasteiger partial charge in [-0.25, -0.2) is 4.98 Å². The largest absolute Gasteiger partial charge is 0.396 e. The van der Waals surface area contributed by atoms with Crippen LogP contribution < -0.4 is 10.6 Å². The summed E-state index contributed by atoms with van der Waals surface area (Å²) in [4.78, 5) is 6.49. The van der Waals surface area contributed by atoms with Crippen LogP contribution in [0.2, 0.25) is 0 Å². The molecule has 3 heteroatoms. The number of nitrogen functional groups attached to an aromatic ring is 1. The van der Waals surface area contributed by atoms with Gasteiger partial charge in [0.25, 0.3) is 0 Å². The molecule has 0 radical (unpaired) electrons. The Morgan fingerprint density at radius 3 is 2.61 bits per heavy atom. The van der Waals surface area contributed by atoms with Gasteiger partial charge in [0.15, 0.2) is 5.82 Å². The van der Waals surface area contributed by atoms with Crippen LogP contribution in [-0.2, 0) is 6.42 Å². The first-order valence-electron chi connectivity index (χ1n) is 6.14. The van der Waals surface area contributed by atoms with Crippen LogP contribution in [0.15, 0.2) is 42.6 Å². The van der Waals surface area contributed by atoms with Gasteiger partial charge >= 0.3 is 0 Å². The number of pyridine rings is 1. The molecule has 18 heavy (non-hydrogen) atoms. The fraction of sp³-hybridized carbons (Fsp3) is 0.267. The van der Waals surface area contributed by atoms with Crippen molar-refractivity contribution in [3.63, 3.8) is 0 Å². The standard InChI is InChI=1S/C15H19N3/c1-12-10-14(16)15(17-11-12)18(2)9-8-13-6-4-3-5-7-13/h3-7,10-11H,8-9,16H2,1-2H3. The molecular weight excluding hydrogens is 222 g/mol. The molecule has 0 fully saturated rings. The van der Waals surface area contributed by atoms with Gasteiger partial charge < -0.3 is 10.6 Å². The van der Waals surface area contributed by atoms with Crippen LogP contribution in [0, 0.1) is 6.92 Å². The number of likely N-dealkylation sites (N-methyl/N-ethyl adjacent to an activating group) is 1. The smallest absolute Gasteiger partial charge is 0.151 e. The third kappa shape index (κ3) is 3.00. The van der Waals surface area contributed by atoms with E-state index in [1.807, 2.05) is 32.3 Å². The lowest BCUT2D eigenvalue weighted by molar-refractivity contribution is 0.861. The molecule has 3 nitrogen and oxygen atoms in total. The van der Waals surface area contributed by atoms with E-state index in [4.69, 9.17) is 5.73 Å². The summed E-state index contributed by atoms with van der Waals surface area (Å²) in [5.41, 5.74) is 9.15. The summed E-state index contributed by atoms with van der Waals surface area (Å²) in [7, 11) is 2.02. The predicted molar refractivity (Wildman–Crippen MR) is 76.8 cm³/mol. The van der Waals surface area contributed by atoms with E-state index in [1.54, 1.807) is 0 Å². The van der Waals surface area contributed by atoms with Gasteiger partial charge in [-0.3, -0.25) is 0 Å². The molecule has 0 atom stereocenters. The molecular formula is C15H19N3. The molecule has 0 aliphatic heterocycles. The molecule has 2 aromatic rings. The molecule has 0 unspecified atom stereocenters. The Hall–Kier alpha value is -2.03. The number of anilines is 2. The Bertz CT molecular complexity index is 508. The predicted octanol–water partition coefficient (Wildman–Crippen LogP) is 2.65. The summed E-state index contributed by atoms with van der Waals surface area (Å²) < 4.78 is 0. The van der Waals surface area contributed by atoms with Gasteiger partial charge in [-0.05, 0) is 30.5 Å². The van der Waals surface area contributed by atoms with Crippen LogP contribution >= 0.6 is 0 Å². The number of benzene rings is 1. The van der Waals surface area contributed by atoms with Crippen molar-refractivity contribution in [1.82, 2.24) is 4.98 Å². The second-order valence-corrected chi connectivity index (χ2v) is 4.58. The van der Waals surface area contributed by atoms with Crippen LogP contribution in [-0.4, -0.2) is 18.6 Å². The number of rotatable bonds is 4. The molecule has 0 saturated heterocycles. The highest BCUT2D eigenvalue weighted by atomic mass is 15.2. The van der Waals surface area contributed by atoms with E-state index in [9.17, 15) is 0 Å². The van der Waals surface area contributed by atoms with Crippen LogP contribution in [0.25, 0.3) is 0 Å². The van der Waals surface area contributed by atoms with E-state index in [0.717, 1.165) is 30.0 Å². The van der Waals surface area contributed by atoms with E-state index in [0.29, 0.717) is 0 Å². The molecule has 0 amide bonds. The lowest BCUT2D eigenvalue weighted by Crippen LogP contribution is -2.22. The lowest BCUT2D eigenvalue weighted by atomic mass is 10.1. The van der Waals surface area contributed by atoms with Crippen molar-refractivity contribution in [3.8, 4) is 0 Å². The summed E-state index contributed by atoms with van der Waals surface area (Å²) in [5, 5.41) is 0. The van der Waals surface area contributed by atoms with E-state index >= 15 is 0 Å². The van der Waals surface area contributed by atoms with E-state index in [1.165, 1.54) is 5.56 Å². The second kappa shape index (κ2) is 5.54. The zero-order valence-electron chi connectivity index (χ0n) is 10.9. The van der Waals surface area contributed by atoms with Crippen LogP contribution in [0.4, 0.5) is 11.5 Å². The molecule has 1 aromatic carbocycles. The maximum absolute atomic E-state index is 5.99. The quantitative estimate of drug-likeness (QED) is 0.894. The van der Waals surface area contributed by atoms with E-state index < -0.39 is 0 Å². The highest BCUT2D eigenvalue weighted by molar-refractivity contribution is 5.62. The summed E-state index contributed by atoms with van der Waals surface area (Å²) >= 11 is 0. The highest BCUT2D eigenvalue weighted by Gasteiger charge is 2.06. The lowest BCUT2D eigenvalue weighted by Gasteiger charge is -2.20. The minimum atomic E-state index is 0.741. The Labute approximate surface area is 108 Å². The van der Waals surface area contributed by atoms with Crippen molar-refractivity contribution in [2.75, 3.05) is 24.2 Å². The first-order chi connectivity index (χ1) is 8.66. The monoisotopic (exact) mass is 241 g/mol. The van der Waals surface area contributed by atoms with Crippen molar-refractivity contribution in [3.05, 3.63) is 53.7 Å². The maximum atomic E-state index is 5.99. The normalized spacial score (nSPS) is 10.3. The van der Waals surface area contributed by atoms with Gasteiger partial charge in [0.05, 0.1) is 5.69 Å². The highest BCUT2D eigenvalue weighted by Crippen LogP contribution is 2.19. The molecule has 0 spiro atoms. The SMILES string of the molecule is Cc1cnc(N(C)CCc2ccccc2)c(N)c1. The average Bonchev–Trinajstić information content (AvgIpc) is 2.37. The van der Waals surface area contributed by atoms with Crippen molar-refractivity contribution < 1.29 is 0 Å². The average molecular weight is 241 g/mol. The number of hydrogen-bond donors (Lipinski definition) is 1. The van der Waals surface area contributed by atoms with Crippen LogP contribution in [0.1, 0.15) is 11.1 Å². The van der Waals surface area contributed by atoms with E-state index in [-0.39, 0.29) is 0 Å². The van der Waals surface area contributed by atoms with Gasteiger partial charge in [0.2, 0.25) is 0 Å². The number of aryl methyl sites for hydroxylation is 1. The first kappa shape index (κ1) is 12.4. The molecule has 0 aliphatic carbocycles. The molecule has 2 N–H and O–H groups in total. The van der Waals surface area contributed by atoms with Gasteiger partial charge in [-0.1, -0.05) is 30.3 Å². The molecule has 1 heterocycles. The fourth-order valence-electron chi connectivity index (χ4n) is 1.95. The summed E-state index contributed by atoms with van der Waals surface area (Å²) in [6, 6.07) is 12.4. The Morgan fingerprint density at radius 2 is 1.94 bits per heavy atom. The number of nitrogens with zero attached hydrogens (tertiary/aromatic N) is 2. The molecule has 1 aromatic heterocycles. The van der Waals surface area contributed by atoms with Crippen molar-refractivity contribution in [2.45, 2.75) is 13.3 Å². The fourth-order valence-corrected chi connectivity index (χ4v) is 1.95. The molecule has 94 valence electrons. The Morgan fingerprint density at radius 1 is 1.22 bits per heavy atom. The first-order valence-corrected chi connectivity index (χ1v) is 6.14. The third-order valence-corrected chi connectivity index (χ3v) is 2.97. The van der Waals surface area contributed by atoms with Gasteiger partial charge in [-0.2, -0.15) is 0 Å². The van der Waals surface area contributed by atoms with Crippen molar-refractivity contribution >= 4 is 11.5 Å². The maximum Gasteiger partial charge on any atom is 0.151 e. The summed E-state index contributed by atoms with van der Waals surface area (Å²) in [6.07, 6.45) is 2.84. The van der Waals surface area contributed by atoms with Gasteiger partial charge in [-0.15, -0.1) is 0 Å². The zero-order valence-corrected chi connectivity index (χ0v) is 10.9. The zero-order chi connectivity index (χ0) is 13.0. The second-order valence-electron chi connectivity index (χ2n) is 4.58. The summed E-state index contributed by atoms with van der Waals surface area (Å²) in [5.74, 6) is 0.858. The van der Waals surface area contributed by atoms with Crippen molar-refractivity contribution in [2.24, 2.45) is 0 Å². The molecule has 0 aliphatic rings. The molecule has 0 saturated carbocycles. The Kier molecular flexibility index (Phi) is 3.82. The minimum Gasteiger partial charge on any atom is -0.396 e. The topological polar surface area (TPSA) is 42.2 Å². The molecule has 2 rings (SSSR count). The van der Waals surface area contributed by atoms with Crippen LogP contribution in [0.3, 0.4) is 0 Å². The number of nitrogens with two attached hydrogens (primary N) is 1. The van der Waals surface area contributed by atoms with Gasteiger partial charge in [0, 0.05) is 19.8 Å². The number of aromatic nitrogens is 1. The Balaban J connectivity index is 2.01. The summed E-state index contributed by atoms with van der Waals surface area (Å²) in [6.45, 7) is 2.90. The van der Waals surface area contributed by atoms with Gasteiger partial charge in [0.1, 0.15) is 0 Å². The van der Waals surface area contributed by atoms with E-state index in [2.05, 4.69) is 34.1 Å². The minimum absolute atomic E-state index is 0.741. The van der Waals surface area contributed by atoms with Crippen molar-refractivity contribution in [1.29, 1.82) is 0 Å². The molecule has 0 bridgehead atoms. The number of hydrogen-bond acceptors (Lipinski definition) is 3. The van der Waals surface area contributed by atoms with Crippen LogP contribution in [0.5, 0.6) is 0 Å². The third-order valence-electron chi connectivity index (χ3n) is 2.97.